The van der Waals surface area contributed by atoms with Crippen LogP contribution in [0.4, 0.5) is 0 Å². The van der Waals surface area contributed by atoms with Crippen LogP contribution in [0.15, 0.2) is 121 Å². The van der Waals surface area contributed by atoms with Crippen molar-refractivity contribution in [2.75, 3.05) is 0 Å². The number of hydrogen-bond donors (Lipinski definition) is 0. The first-order valence-corrected chi connectivity index (χ1v) is 15.5. The average Bonchev–Trinajstić information content (AvgIpc) is 3.08. The Kier molecular flexibility index (Phi) is 5.62. The fraction of sp³-hybridized carbons (Fsp3) is 0.146. The SMILES string of the molecule is C1=C(Oc2c3ccccc3c(-c3ccc4c5c6c(ccc35)CCCC6=CC4)c3cnccc23)CCC(c2ccccc2)=C1. The van der Waals surface area contributed by atoms with Crippen molar-refractivity contribution in [2.45, 2.75) is 38.5 Å². The molecule has 2 heteroatoms. The Morgan fingerprint density at radius 3 is 2.30 bits per heavy atom. The second-order valence-electron chi connectivity index (χ2n) is 12.0. The molecule has 0 atom stereocenters. The van der Waals surface area contributed by atoms with E-state index in [1.807, 2.05) is 12.4 Å². The van der Waals surface area contributed by atoms with Gasteiger partial charge in [-0.1, -0.05) is 91.0 Å². The van der Waals surface area contributed by atoms with E-state index in [-0.39, 0.29) is 0 Å². The molecule has 0 saturated heterocycles. The molecule has 1 heterocycles. The van der Waals surface area contributed by atoms with Crippen LogP contribution < -0.4 is 4.74 Å². The average molecular weight is 554 g/mol. The summed E-state index contributed by atoms with van der Waals surface area (Å²) in [7, 11) is 0. The molecule has 9 rings (SSSR count). The van der Waals surface area contributed by atoms with Crippen LogP contribution in [0.1, 0.15) is 47.9 Å². The monoisotopic (exact) mass is 553 g/mol. The fourth-order valence-electron chi connectivity index (χ4n) is 7.66. The topological polar surface area (TPSA) is 22.1 Å². The normalized spacial score (nSPS) is 15.8. The molecule has 5 aromatic carbocycles. The van der Waals surface area contributed by atoms with Crippen LogP contribution in [-0.2, 0) is 12.8 Å². The van der Waals surface area contributed by atoms with Crippen LogP contribution in [0.3, 0.4) is 0 Å². The minimum Gasteiger partial charge on any atom is -0.460 e. The highest BCUT2D eigenvalue weighted by atomic mass is 16.5. The van der Waals surface area contributed by atoms with Gasteiger partial charge < -0.3 is 4.74 Å². The highest BCUT2D eigenvalue weighted by molar-refractivity contribution is 6.21. The molecule has 206 valence electrons. The van der Waals surface area contributed by atoms with Gasteiger partial charge in [0.05, 0.1) is 0 Å². The highest BCUT2D eigenvalue weighted by Gasteiger charge is 2.25. The Morgan fingerprint density at radius 2 is 1.42 bits per heavy atom. The van der Waals surface area contributed by atoms with Crippen molar-refractivity contribution in [3.63, 3.8) is 0 Å². The van der Waals surface area contributed by atoms with Gasteiger partial charge in [-0.3, -0.25) is 4.98 Å². The quantitative estimate of drug-likeness (QED) is 0.203. The van der Waals surface area contributed by atoms with E-state index < -0.39 is 0 Å². The predicted molar refractivity (Wildman–Crippen MR) is 179 cm³/mol. The first-order valence-electron chi connectivity index (χ1n) is 15.5. The van der Waals surface area contributed by atoms with Gasteiger partial charge in [0.1, 0.15) is 11.5 Å². The molecular formula is C41H31NO. The third-order valence-electron chi connectivity index (χ3n) is 9.67. The van der Waals surface area contributed by atoms with E-state index in [2.05, 4.69) is 108 Å². The van der Waals surface area contributed by atoms with Crippen LogP contribution in [0.25, 0.3) is 54.6 Å². The van der Waals surface area contributed by atoms with Crippen LogP contribution in [0.2, 0.25) is 0 Å². The number of fused-ring (bicyclic) bond motifs is 2. The lowest BCUT2D eigenvalue weighted by Gasteiger charge is -2.27. The molecule has 0 spiro atoms. The zero-order valence-corrected chi connectivity index (χ0v) is 24.1. The summed E-state index contributed by atoms with van der Waals surface area (Å²) in [5.74, 6) is 1.92. The largest absolute Gasteiger partial charge is 0.460 e. The molecule has 0 bridgehead atoms. The molecule has 0 fully saturated rings. The number of allylic oxidation sites excluding steroid dienone is 6. The lowest BCUT2D eigenvalue weighted by Crippen LogP contribution is -2.08. The van der Waals surface area contributed by atoms with E-state index >= 15 is 0 Å². The number of ether oxygens (including phenoxy) is 1. The Bertz CT molecular complexity index is 2140. The molecule has 0 saturated carbocycles. The molecule has 0 unspecified atom stereocenters. The summed E-state index contributed by atoms with van der Waals surface area (Å²) in [4.78, 5) is 4.64. The first-order chi connectivity index (χ1) is 21.3. The minimum absolute atomic E-state index is 0.871. The maximum Gasteiger partial charge on any atom is 0.142 e. The van der Waals surface area contributed by atoms with Crippen LogP contribution in [0, 0.1) is 0 Å². The first kappa shape index (κ1) is 24.6. The zero-order valence-electron chi connectivity index (χ0n) is 24.1. The summed E-state index contributed by atoms with van der Waals surface area (Å²) in [6.45, 7) is 0. The molecule has 3 aliphatic rings. The van der Waals surface area contributed by atoms with Gasteiger partial charge in [-0.15, -0.1) is 0 Å². The Labute approximate surface area is 251 Å². The maximum atomic E-state index is 6.84. The van der Waals surface area contributed by atoms with Gasteiger partial charge in [0.2, 0.25) is 0 Å². The molecule has 1 aromatic heterocycles. The van der Waals surface area contributed by atoms with Gasteiger partial charge in [0.15, 0.2) is 0 Å². The van der Waals surface area contributed by atoms with Crippen molar-refractivity contribution >= 4 is 43.5 Å². The molecule has 6 aromatic rings. The van der Waals surface area contributed by atoms with Crippen LogP contribution in [-0.4, -0.2) is 4.98 Å². The van der Waals surface area contributed by atoms with E-state index in [0.29, 0.717) is 0 Å². The molecule has 3 aliphatic carbocycles. The molecule has 0 amide bonds. The van der Waals surface area contributed by atoms with Crippen LogP contribution in [0.5, 0.6) is 5.75 Å². The summed E-state index contributed by atoms with van der Waals surface area (Å²) in [5.41, 5.74) is 11.2. The maximum absolute atomic E-state index is 6.84. The van der Waals surface area contributed by atoms with Gasteiger partial charge in [0, 0.05) is 35.0 Å². The molecule has 0 N–H and O–H groups in total. The van der Waals surface area contributed by atoms with E-state index in [1.54, 1.807) is 5.57 Å². The number of rotatable bonds is 4. The summed E-state index contributed by atoms with van der Waals surface area (Å²) in [6, 6.07) is 31.0. The molecule has 0 aliphatic heterocycles. The molecule has 0 radical (unpaired) electrons. The number of nitrogens with zero attached hydrogens (tertiary/aromatic N) is 1. The van der Waals surface area contributed by atoms with Crippen molar-refractivity contribution < 1.29 is 4.74 Å². The fourth-order valence-corrected chi connectivity index (χ4v) is 7.66. The number of pyridine rings is 1. The second kappa shape index (κ2) is 9.81. The highest BCUT2D eigenvalue weighted by Crippen LogP contribution is 2.48. The lowest BCUT2D eigenvalue weighted by atomic mass is 9.77. The summed E-state index contributed by atoms with van der Waals surface area (Å²) < 4.78 is 6.84. The summed E-state index contributed by atoms with van der Waals surface area (Å²) >= 11 is 0. The van der Waals surface area contributed by atoms with E-state index in [0.717, 1.165) is 46.9 Å². The number of aromatic nitrogens is 1. The Hall–Kier alpha value is -4.95. The van der Waals surface area contributed by atoms with E-state index in [1.165, 1.54) is 74.4 Å². The standard InChI is InChI=1S/C41H31NO/c1-2-7-26(8-3-1)27-15-19-31(20-16-27)43-41-35-12-5-4-11-32(35)40(37-25-42-24-23-36(37)41)34-22-18-30-14-13-28-9-6-10-29-17-21-33(34)39(30)38(28)29/h1-5,7-8,11-13,15,17-19,21-25H,6,9-10,14,16,20H2. The molecule has 43 heavy (non-hydrogen) atoms. The van der Waals surface area contributed by atoms with Gasteiger partial charge in [-0.2, -0.15) is 0 Å². The van der Waals surface area contributed by atoms with Gasteiger partial charge in [0.25, 0.3) is 0 Å². The second-order valence-corrected chi connectivity index (χ2v) is 12.0. The number of hydrogen-bond acceptors (Lipinski definition) is 2. The number of aryl methyl sites for hydroxylation is 1. The van der Waals surface area contributed by atoms with Crippen molar-refractivity contribution in [3.8, 4) is 16.9 Å². The molecule has 2 nitrogen and oxygen atoms in total. The zero-order chi connectivity index (χ0) is 28.3. The van der Waals surface area contributed by atoms with Crippen molar-refractivity contribution in [1.29, 1.82) is 0 Å². The smallest absolute Gasteiger partial charge is 0.142 e. The summed E-state index contributed by atoms with van der Waals surface area (Å²) in [5, 5.41) is 7.38. The molecular weight excluding hydrogens is 522 g/mol. The minimum atomic E-state index is 0.871. The number of benzene rings is 5. The third-order valence-corrected chi connectivity index (χ3v) is 9.67. The van der Waals surface area contributed by atoms with Crippen molar-refractivity contribution in [1.82, 2.24) is 4.98 Å². The summed E-state index contributed by atoms with van der Waals surface area (Å²) in [6.07, 6.45) is 17.2. The Balaban J connectivity index is 1.25. The third kappa shape index (κ3) is 3.90. The predicted octanol–water partition coefficient (Wildman–Crippen LogP) is 10.6. The lowest BCUT2D eigenvalue weighted by molar-refractivity contribution is 0.412. The van der Waals surface area contributed by atoms with Crippen molar-refractivity contribution in [3.05, 3.63) is 144 Å². The van der Waals surface area contributed by atoms with E-state index in [4.69, 9.17) is 4.74 Å². The van der Waals surface area contributed by atoms with Gasteiger partial charge in [-0.05, 0) is 105 Å². The van der Waals surface area contributed by atoms with Gasteiger partial charge in [-0.25, -0.2) is 0 Å². The van der Waals surface area contributed by atoms with Crippen LogP contribution >= 0.6 is 0 Å². The van der Waals surface area contributed by atoms with Gasteiger partial charge >= 0.3 is 0 Å². The van der Waals surface area contributed by atoms with E-state index in [9.17, 15) is 0 Å². The Morgan fingerprint density at radius 1 is 0.581 bits per heavy atom. The van der Waals surface area contributed by atoms with Crippen molar-refractivity contribution in [2.24, 2.45) is 0 Å².